The standard InChI is InChI=1S/C20H19FN4O2S/c1-14-10-18(21)19(23-12-14)8-9-20-16(13-24-25(20)2)7-6-15-4-3-5-17(11-15)28(22,26)27/h3-5,10-13H,8-9H2,1-2H3,(H2,22,26,27). The lowest BCUT2D eigenvalue weighted by Crippen LogP contribution is -2.11. The zero-order valence-electron chi connectivity index (χ0n) is 15.5. The van der Waals surface area contributed by atoms with Gasteiger partial charge in [0.05, 0.1) is 28.0 Å². The van der Waals surface area contributed by atoms with E-state index >= 15 is 0 Å². The van der Waals surface area contributed by atoms with Crippen LogP contribution in [0.3, 0.4) is 0 Å². The van der Waals surface area contributed by atoms with Crippen molar-refractivity contribution in [3.63, 3.8) is 0 Å². The predicted molar refractivity (Wildman–Crippen MR) is 103 cm³/mol. The highest BCUT2D eigenvalue weighted by Crippen LogP contribution is 2.14. The lowest BCUT2D eigenvalue weighted by Gasteiger charge is -2.05. The first kappa shape index (κ1) is 19.7. The molecule has 0 aliphatic carbocycles. The monoisotopic (exact) mass is 398 g/mol. The van der Waals surface area contributed by atoms with Crippen LogP contribution < -0.4 is 5.14 Å². The quantitative estimate of drug-likeness (QED) is 0.682. The second-order valence-electron chi connectivity index (χ2n) is 6.39. The van der Waals surface area contributed by atoms with E-state index in [-0.39, 0.29) is 10.7 Å². The van der Waals surface area contributed by atoms with Gasteiger partial charge >= 0.3 is 0 Å². The number of rotatable bonds is 4. The van der Waals surface area contributed by atoms with Crippen LogP contribution >= 0.6 is 0 Å². The van der Waals surface area contributed by atoms with Gasteiger partial charge in [-0.1, -0.05) is 17.9 Å². The Kier molecular flexibility index (Phi) is 5.58. The summed E-state index contributed by atoms with van der Waals surface area (Å²) in [5.41, 5.74) is 3.22. The molecule has 0 radical (unpaired) electrons. The number of nitrogens with two attached hydrogens (primary N) is 1. The third kappa shape index (κ3) is 4.63. The van der Waals surface area contributed by atoms with Crippen LogP contribution in [0, 0.1) is 24.6 Å². The molecule has 3 aromatic rings. The molecule has 144 valence electrons. The Balaban J connectivity index is 1.83. The fourth-order valence-corrected chi connectivity index (χ4v) is 3.30. The summed E-state index contributed by atoms with van der Waals surface area (Å²) in [5.74, 6) is 5.61. The van der Waals surface area contributed by atoms with E-state index in [9.17, 15) is 12.8 Å². The lowest BCUT2D eigenvalue weighted by molar-refractivity contribution is 0.591. The molecule has 6 nitrogen and oxygen atoms in total. The zero-order chi connectivity index (χ0) is 20.3. The molecular weight excluding hydrogens is 379 g/mol. The summed E-state index contributed by atoms with van der Waals surface area (Å²) < 4.78 is 38.6. The fraction of sp³-hybridized carbons (Fsp3) is 0.200. The van der Waals surface area contributed by atoms with Crippen molar-refractivity contribution < 1.29 is 12.8 Å². The van der Waals surface area contributed by atoms with E-state index < -0.39 is 10.0 Å². The number of aryl methyl sites for hydroxylation is 3. The summed E-state index contributed by atoms with van der Waals surface area (Å²) in [7, 11) is -1.99. The van der Waals surface area contributed by atoms with E-state index in [1.54, 1.807) is 43.2 Å². The molecule has 28 heavy (non-hydrogen) atoms. The van der Waals surface area contributed by atoms with Crippen LogP contribution in [-0.4, -0.2) is 23.2 Å². The zero-order valence-corrected chi connectivity index (χ0v) is 16.3. The highest BCUT2D eigenvalue weighted by Gasteiger charge is 2.11. The number of nitrogens with zero attached hydrogens (tertiary/aromatic N) is 3. The minimum Gasteiger partial charge on any atom is -0.271 e. The Labute approximate surface area is 163 Å². The minimum absolute atomic E-state index is 0.00614. The third-order valence-corrected chi connectivity index (χ3v) is 5.13. The largest absolute Gasteiger partial charge is 0.271 e. The molecule has 0 amide bonds. The Hall–Kier alpha value is -3.02. The molecule has 0 spiro atoms. The minimum atomic E-state index is -3.79. The van der Waals surface area contributed by atoms with Gasteiger partial charge in [0.2, 0.25) is 10.0 Å². The molecule has 0 saturated heterocycles. The van der Waals surface area contributed by atoms with Crippen LogP contribution in [0.2, 0.25) is 0 Å². The van der Waals surface area contributed by atoms with Gasteiger partial charge in [0, 0.05) is 18.8 Å². The second kappa shape index (κ2) is 7.92. The van der Waals surface area contributed by atoms with Gasteiger partial charge in [0.25, 0.3) is 0 Å². The van der Waals surface area contributed by atoms with Gasteiger partial charge in [-0.15, -0.1) is 0 Å². The first-order chi connectivity index (χ1) is 13.2. The Bertz CT molecular complexity index is 1190. The highest BCUT2D eigenvalue weighted by atomic mass is 32.2. The van der Waals surface area contributed by atoms with Crippen LogP contribution in [0.1, 0.15) is 28.1 Å². The number of halogens is 1. The van der Waals surface area contributed by atoms with Crippen molar-refractivity contribution in [1.82, 2.24) is 14.8 Å². The van der Waals surface area contributed by atoms with Crippen molar-refractivity contribution in [1.29, 1.82) is 0 Å². The summed E-state index contributed by atoms with van der Waals surface area (Å²) in [6, 6.07) is 7.58. The molecule has 0 bridgehead atoms. The molecular formula is C20H19FN4O2S. The first-order valence-electron chi connectivity index (χ1n) is 8.51. The van der Waals surface area contributed by atoms with E-state index in [4.69, 9.17) is 5.14 Å². The van der Waals surface area contributed by atoms with Gasteiger partial charge in [-0.2, -0.15) is 5.10 Å². The number of benzene rings is 1. The number of hydrogen-bond acceptors (Lipinski definition) is 4. The maximum Gasteiger partial charge on any atom is 0.238 e. The van der Waals surface area contributed by atoms with Crippen molar-refractivity contribution in [2.45, 2.75) is 24.7 Å². The SMILES string of the molecule is Cc1cnc(CCc2c(C#Cc3cccc(S(N)(=O)=O)c3)cnn2C)c(F)c1. The van der Waals surface area contributed by atoms with Crippen molar-refractivity contribution in [2.24, 2.45) is 12.2 Å². The summed E-state index contributed by atoms with van der Waals surface area (Å²) in [5, 5.41) is 9.37. The molecule has 0 unspecified atom stereocenters. The maximum atomic E-state index is 14.0. The molecule has 2 N–H and O–H groups in total. The van der Waals surface area contributed by atoms with Gasteiger partial charge in [-0.25, -0.2) is 17.9 Å². The lowest BCUT2D eigenvalue weighted by atomic mass is 10.1. The molecule has 0 aliphatic rings. The normalized spacial score (nSPS) is 11.1. The second-order valence-corrected chi connectivity index (χ2v) is 7.95. The van der Waals surface area contributed by atoms with Crippen LogP contribution in [0.5, 0.6) is 0 Å². The fourth-order valence-electron chi connectivity index (χ4n) is 2.74. The number of aromatic nitrogens is 3. The molecule has 0 saturated carbocycles. The first-order valence-corrected chi connectivity index (χ1v) is 10.1. The average molecular weight is 398 g/mol. The molecule has 8 heteroatoms. The van der Waals surface area contributed by atoms with Crippen LogP contribution in [0.4, 0.5) is 4.39 Å². The van der Waals surface area contributed by atoms with Gasteiger partial charge in [0.1, 0.15) is 5.82 Å². The van der Waals surface area contributed by atoms with Crippen LogP contribution in [-0.2, 0) is 29.9 Å². The van der Waals surface area contributed by atoms with Crippen LogP contribution in [0.15, 0.2) is 47.6 Å². The molecule has 2 aromatic heterocycles. The number of primary sulfonamides is 1. The van der Waals surface area contributed by atoms with Gasteiger partial charge in [-0.05, 0) is 49.6 Å². The van der Waals surface area contributed by atoms with Crippen molar-refractivity contribution in [3.05, 3.63) is 76.6 Å². The number of pyridine rings is 1. The number of sulfonamides is 1. The maximum absolute atomic E-state index is 14.0. The van der Waals surface area contributed by atoms with Gasteiger partial charge in [-0.3, -0.25) is 9.67 Å². The number of hydrogen-bond donors (Lipinski definition) is 1. The van der Waals surface area contributed by atoms with Crippen LogP contribution in [0.25, 0.3) is 0 Å². The summed E-state index contributed by atoms with van der Waals surface area (Å²) in [6.07, 6.45) is 4.21. The predicted octanol–water partition coefficient (Wildman–Crippen LogP) is 2.10. The van der Waals surface area contributed by atoms with Crippen molar-refractivity contribution in [2.75, 3.05) is 0 Å². The van der Waals surface area contributed by atoms with E-state index in [0.29, 0.717) is 29.7 Å². The highest BCUT2D eigenvalue weighted by molar-refractivity contribution is 7.89. The van der Waals surface area contributed by atoms with Crippen molar-refractivity contribution >= 4 is 10.0 Å². The topological polar surface area (TPSA) is 90.9 Å². The van der Waals surface area contributed by atoms with Gasteiger partial charge in [0.15, 0.2) is 0 Å². The summed E-state index contributed by atoms with van der Waals surface area (Å²) >= 11 is 0. The Morgan fingerprint density at radius 1 is 1.18 bits per heavy atom. The van der Waals surface area contributed by atoms with E-state index in [1.807, 2.05) is 0 Å². The van der Waals surface area contributed by atoms with E-state index in [1.165, 1.54) is 18.2 Å². The molecule has 0 aliphatic heterocycles. The Morgan fingerprint density at radius 2 is 1.96 bits per heavy atom. The smallest absolute Gasteiger partial charge is 0.238 e. The molecule has 0 atom stereocenters. The van der Waals surface area contributed by atoms with Gasteiger partial charge < -0.3 is 0 Å². The Morgan fingerprint density at radius 3 is 2.68 bits per heavy atom. The molecule has 1 aromatic carbocycles. The van der Waals surface area contributed by atoms with Crippen molar-refractivity contribution in [3.8, 4) is 11.8 Å². The van der Waals surface area contributed by atoms with E-state index in [0.717, 1.165) is 11.3 Å². The molecule has 2 heterocycles. The molecule has 3 rings (SSSR count). The summed E-state index contributed by atoms with van der Waals surface area (Å²) in [6.45, 7) is 1.79. The van der Waals surface area contributed by atoms with E-state index in [2.05, 4.69) is 21.9 Å². The third-order valence-electron chi connectivity index (χ3n) is 4.22. The summed E-state index contributed by atoms with van der Waals surface area (Å²) in [4.78, 5) is 4.16. The average Bonchev–Trinajstić information content (AvgIpc) is 2.99. The molecule has 0 fully saturated rings.